The van der Waals surface area contributed by atoms with Gasteiger partial charge in [0.25, 0.3) is 0 Å². The van der Waals surface area contributed by atoms with Crippen molar-refractivity contribution in [2.24, 2.45) is 0 Å². The molecule has 3 nitrogen and oxygen atoms in total. The summed E-state index contributed by atoms with van der Waals surface area (Å²) in [7, 11) is 0. The van der Waals surface area contributed by atoms with Gasteiger partial charge in [0.1, 0.15) is 11.2 Å². The fraction of sp³-hybridized carbons (Fsp3) is 0.100. The molecule has 2 aromatic heterocycles. The lowest BCUT2D eigenvalue weighted by Crippen LogP contribution is -2.10. The van der Waals surface area contributed by atoms with E-state index in [1.54, 1.807) is 0 Å². The van der Waals surface area contributed by atoms with Gasteiger partial charge in [0.2, 0.25) is 0 Å². The molecule has 0 fully saturated rings. The molecule has 0 aliphatic carbocycles. The van der Waals surface area contributed by atoms with E-state index >= 15 is 0 Å². The molecule has 0 radical (unpaired) electrons. The summed E-state index contributed by atoms with van der Waals surface area (Å²) in [6.07, 6.45) is 0. The Morgan fingerprint density at radius 2 is 1.16 bits per heavy atom. The molecule has 0 saturated heterocycles. The SMILES string of the molecule is CC(C)(C)c1ccc2c(c1)c1cc(-c3ccc(Nc4ccc5oc6ccccc6c5c4)cc3)ccc1n2-c1ccccc1. The topological polar surface area (TPSA) is 30.1 Å². The van der Waals surface area contributed by atoms with E-state index in [0.29, 0.717) is 0 Å². The second-order valence-corrected chi connectivity index (χ2v) is 12.4. The second-order valence-electron chi connectivity index (χ2n) is 12.4. The maximum Gasteiger partial charge on any atom is 0.135 e. The lowest BCUT2D eigenvalue weighted by molar-refractivity contribution is 0.591. The van der Waals surface area contributed by atoms with Gasteiger partial charge in [-0.15, -0.1) is 0 Å². The van der Waals surface area contributed by atoms with Crippen LogP contribution in [0.2, 0.25) is 0 Å². The predicted octanol–water partition coefficient (Wildman–Crippen LogP) is 11.4. The third-order valence-corrected chi connectivity index (χ3v) is 8.53. The van der Waals surface area contributed by atoms with Crippen LogP contribution in [0.25, 0.3) is 60.6 Å². The van der Waals surface area contributed by atoms with E-state index in [-0.39, 0.29) is 5.41 Å². The summed E-state index contributed by atoms with van der Waals surface area (Å²) in [5.41, 5.74) is 11.3. The van der Waals surface area contributed by atoms with Gasteiger partial charge >= 0.3 is 0 Å². The quantitative estimate of drug-likeness (QED) is 0.234. The Morgan fingerprint density at radius 3 is 1.95 bits per heavy atom. The Balaban J connectivity index is 1.17. The minimum atomic E-state index is 0.0744. The zero-order valence-corrected chi connectivity index (χ0v) is 24.6. The molecule has 0 saturated carbocycles. The van der Waals surface area contributed by atoms with E-state index in [9.17, 15) is 0 Å². The van der Waals surface area contributed by atoms with Crippen molar-refractivity contribution in [3.63, 3.8) is 0 Å². The molecule has 8 rings (SSSR count). The third kappa shape index (κ3) is 4.36. The van der Waals surface area contributed by atoms with Crippen molar-refractivity contribution < 1.29 is 4.42 Å². The molecule has 208 valence electrons. The van der Waals surface area contributed by atoms with Crippen LogP contribution in [0.15, 0.2) is 138 Å². The van der Waals surface area contributed by atoms with Crippen molar-refractivity contribution in [2.75, 3.05) is 5.32 Å². The molecule has 0 unspecified atom stereocenters. The number of aromatic nitrogens is 1. The Morgan fingerprint density at radius 1 is 0.512 bits per heavy atom. The number of benzene rings is 6. The highest BCUT2D eigenvalue weighted by molar-refractivity contribution is 6.11. The summed E-state index contributed by atoms with van der Waals surface area (Å²) in [5, 5.41) is 8.39. The van der Waals surface area contributed by atoms with Crippen molar-refractivity contribution >= 4 is 55.1 Å². The number of rotatable bonds is 4. The third-order valence-electron chi connectivity index (χ3n) is 8.53. The number of para-hydroxylation sites is 2. The highest BCUT2D eigenvalue weighted by Gasteiger charge is 2.18. The molecule has 1 N–H and O–H groups in total. The molecule has 6 aromatic carbocycles. The summed E-state index contributed by atoms with van der Waals surface area (Å²) in [5.74, 6) is 0. The second kappa shape index (κ2) is 9.64. The first-order valence-electron chi connectivity index (χ1n) is 14.9. The average Bonchev–Trinajstić information content (AvgIpc) is 3.56. The van der Waals surface area contributed by atoms with Gasteiger partial charge < -0.3 is 14.3 Å². The van der Waals surface area contributed by atoms with Gasteiger partial charge in [-0.2, -0.15) is 0 Å². The summed E-state index contributed by atoms with van der Waals surface area (Å²) in [6.45, 7) is 6.84. The summed E-state index contributed by atoms with van der Waals surface area (Å²) < 4.78 is 8.38. The molecule has 3 heteroatoms. The van der Waals surface area contributed by atoms with Crippen LogP contribution in [0.5, 0.6) is 0 Å². The number of hydrogen-bond acceptors (Lipinski definition) is 2. The zero-order valence-electron chi connectivity index (χ0n) is 24.6. The molecule has 43 heavy (non-hydrogen) atoms. The maximum absolute atomic E-state index is 6.00. The Labute approximate surface area is 251 Å². The number of nitrogens with one attached hydrogen (secondary N) is 1. The standard InChI is InChI=1S/C40H32N2O/c1-40(2,3)28-16-21-37-34(24-28)33-23-27(15-20-36(33)42(37)31-9-5-4-6-10-31)26-13-17-29(18-14-26)41-30-19-22-39-35(25-30)32-11-7-8-12-38(32)43-39/h4-25,41H,1-3H3. The van der Waals surface area contributed by atoms with Crippen LogP contribution in [0, 0.1) is 0 Å². The van der Waals surface area contributed by atoms with Crippen molar-refractivity contribution in [1.29, 1.82) is 0 Å². The van der Waals surface area contributed by atoms with Gasteiger partial charge in [0.05, 0.1) is 11.0 Å². The fourth-order valence-corrected chi connectivity index (χ4v) is 6.24. The van der Waals surface area contributed by atoms with E-state index in [1.807, 2.05) is 18.2 Å². The predicted molar refractivity (Wildman–Crippen MR) is 182 cm³/mol. The van der Waals surface area contributed by atoms with E-state index in [2.05, 4.69) is 146 Å². The molecular weight excluding hydrogens is 524 g/mol. The normalized spacial score (nSPS) is 12.1. The molecule has 2 heterocycles. The Kier molecular flexibility index (Phi) is 5.70. The molecule has 0 amide bonds. The lowest BCUT2D eigenvalue weighted by atomic mass is 9.86. The van der Waals surface area contributed by atoms with E-state index < -0.39 is 0 Å². The van der Waals surface area contributed by atoms with Gasteiger partial charge in [-0.1, -0.05) is 81.4 Å². The van der Waals surface area contributed by atoms with Crippen LogP contribution in [0.3, 0.4) is 0 Å². The first-order valence-corrected chi connectivity index (χ1v) is 14.9. The van der Waals surface area contributed by atoms with Gasteiger partial charge in [-0.25, -0.2) is 0 Å². The highest BCUT2D eigenvalue weighted by atomic mass is 16.3. The smallest absolute Gasteiger partial charge is 0.135 e. The van der Waals surface area contributed by atoms with Gasteiger partial charge in [0, 0.05) is 38.6 Å². The van der Waals surface area contributed by atoms with Crippen LogP contribution in [-0.4, -0.2) is 4.57 Å². The van der Waals surface area contributed by atoms with E-state index in [0.717, 1.165) is 33.3 Å². The van der Waals surface area contributed by atoms with Crippen molar-refractivity contribution in [1.82, 2.24) is 4.57 Å². The van der Waals surface area contributed by atoms with Crippen molar-refractivity contribution in [3.8, 4) is 16.8 Å². The van der Waals surface area contributed by atoms with Gasteiger partial charge in [0.15, 0.2) is 0 Å². The van der Waals surface area contributed by atoms with Crippen LogP contribution in [0.4, 0.5) is 11.4 Å². The number of hydrogen-bond donors (Lipinski definition) is 1. The number of fused-ring (bicyclic) bond motifs is 6. The summed E-state index contributed by atoms with van der Waals surface area (Å²) >= 11 is 0. The van der Waals surface area contributed by atoms with Crippen LogP contribution >= 0.6 is 0 Å². The number of nitrogens with zero attached hydrogens (tertiary/aromatic N) is 1. The average molecular weight is 557 g/mol. The molecule has 0 bridgehead atoms. The summed E-state index contributed by atoms with van der Waals surface area (Å²) in [4.78, 5) is 0. The molecule has 8 aromatic rings. The molecule has 0 atom stereocenters. The van der Waals surface area contributed by atoms with Crippen LogP contribution in [-0.2, 0) is 5.41 Å². The maximum atomic E-state index is 6.00. The monoisotopic (exact) mass is 556 g/mol. The zero-order chi connectivity index (χ0) is 29.1. The summed E-state index contributed by atoms with van der Waals surface area (Å²) in [6, 6.07) is 47.6. The fourth-order valence-electron chi connectivity index (χ4n) is 6.24. The number of anilines is 2. The number of furan rings is 1. The van der Waals surface area contributed by atoms with Gasteiger partial charge in [-0.05, 0) is 94.9 Å². The van der Waals surface area contributed by atoms with Gasteiger partial charge in [-0.3, -0.25) is 0 Å². The van der Waals surface area contributed by atoms with Crippen molar-refractivity contribution in [3.05, 3.63) is 139 Å². The first kappa shape index (κ1) is 25.4. The van der Waals surface area contributed by atoms with Crippen LogP contribution < -0.4 is 5.32 Å². The highest BCUT2D eigenvalue weighted by Crippen LogP contribution is 2.38. The Hall–Kier alpha value is -5.28. The van der Waals surface area contributed by atoms with Crippen molar-refractivity contribution in [2.45, 2.75) is 26.2 Å². The first-order chi connectivity index (χ1) is 20.9. The minimum absolute atomic E-state index is 0.0744. The minimum Gasteiger partial charge on any atom is -0.456 e. The molecule has 0 spiro atoms. The molecule has 0 aliphatic heterocycles. The van der Waals surface area contributed by atoms with E-state index in [4.69, 9.17) is 4.42 Å². The Bertz CT molecular complexity index is 2280. The molecule has 0 aliphatic rings. The van der Waals surface area contributed by atoms with E-state index in [1.165, 1.54) is 44.2 Å². The lowest BCUT2D eigenvalue weighted by Gasteiger charge is -2.19. The van der Waals surface area contributed by atoms with Crippen LogP contribution in [0.1, 0.15) is 26.3 Å². The molecular formula is C40H32N2O. The largest absolute Gasteiger partial charge is 0.456 e.